The second kappa shape index (κ2) is 10.6. The Balaban J connectivity index is 4.45. The molecule has 19 heavy (non-hydrogen) atoms. The summed E-state index contributed by atoms with van der Waals surface area (Å²) in [6.45, 7) is 7.69. The van der Waals surface area contributed by atoms with E-state index in [9.17, 15) is 9.59 Å². The molecule has 0 fully saturated rings. The number of ether oxygens (including phenoxy) is 1. The highest BCUT2D eigenvalue weighted by atomic mass is 16.5. The van der Waals surface area contributed by atoms with Crippen molar-refractivity contribution in [3.05, 3.63) is 12.7 Å². The van der Waals surface area contributed by atoms with Gasteiger partial charge in [0.1, 0.15) is 6.10 Å². The molecule has 4 nitrogen and oxygen atoms in total. The normalized spacial score (nSPS) is 13.6. The van der Waals surface area contributed by atoms with Crippen LogP contribution in [0.3, 0.4) is 0 Å². The highest BCUT2D eigenvalue weighted by molar-refractivity contribution is 5.79. The number of hydrogen-bond donors (Lipinski definition) is 1. The summed E-state index contributed by atoms with van der Waals surface area (Å²) in [5.74, 6) is -2.00. The Morgan fingerprint density at radius 2 is 1.95 bits per heavy atom. The van der Waals surface area contributed by atoms with Crippen molar-refractivity contribution in [1.82, 2.24) is 0 Å². The molecule has 0 aromatic rings. The summed E-state index contributed by atoms with van der Waals surface area (Å²) in [5, 5.41) is 8.80. The zero-order valence-electron chi connectivity index (χ0n) is 12.1. The molecule has 0 heterocycles. The van der Waals surface area contributed by atoms with E-state index < -0.39 is 17.9 Å². The molecule has 4 heteroatoms. The Morgan fingerprint density at radius 3 is 2.42 bits per heavy atom. The van der Waals surface area contributed by atoms with E-state index in [0.717, 1.165) is 32.1 Å². The number of carboxylic acid groups (broad SMARTS) is 1. The number of esters is 1. The highest BCUT2D eigenvalue weighted by Crippen LogP contribution is 2.17. The van der Waals surface area contributed by atoms with Crippen molar-refractivity contribution < 1.29 is 19.4 Å². The van der Waals surface area contributed by atoms with Crippen LogP contribution in [0.25, 0.3) is 0 Å². The minimum Gasteiger partial charge on any atom is -0.481 e. The number of unbranched alkanes of at least 4 members (excludes halogenated alkanes) is 1. The van der Waals surface area contributed by atoms with Crippen molar-refractivity contribution in [2.45, 2.75) is 64.9 Å². The second-order valence-electron chi connectivity index (χ2n) is 4.81. The van der Waals surface area contributed by atoms with Crippen LogP contribution in [0, 0.1) is 5.92 Å². The first-order valence-electron chi connectivity index (χ1n) is 7.08. The molecular formula is C15H26O4. The molecule has 0 aromatic heterocycles. The first-order chi connectivity index (χ1) is 9.04. The zero-order valence-corrected chi connectivity index (χ0v) is 12.1. The quantitative estimate of drug-likeness (QED) is 0.460. The highest BCUT2D eigenvalue weighted by Gasteiger charge is 2.24. The van der Waals surface area contributed by atoms with E-state index in [1.807, 2.05) is 6.92 Å². The summed E-state index contributed by atoms with van der Waals surface area (Å²) < 4.78 is 5.46. The Morgan fingerprint density at radius 1 is 1.26 bits per heavy atom. The number of carbonyl (C=O) groups is 2. The third kappa shape index (κ3) is 8.41. The van der Waals surface area contributed by atoms with Gasteiger partial charge in [0.25, 0.3) is 0 Å². The van der Waals surface area contributed by atoms with E-state index in [1.54, 1.807) is 6.08 Å². The average molecular weight is 270 g/mol. The maximum Gasteiger partial charge on any atom is 0.310 e. The summed E-state index contributed by atoms with van der Waals surface area (Å²) in [6.07, 6.45) is 6.34. The van der Waals surface area contributed by atoms with Gasteiger partial charge in [0, 0.05) is 0 Å². The number of aliphatic carboxylic acids is 1. The maximum absolute atomic E-state index is 12.0. The van der Waals surface area contributed by atoms with E-state index in [2.05, 4.69) is 13.5 Å². The van der Waals surface area contributed by atoms with E-state index in [-0.39, 0.29) is 12.5 Å². The van der Waals surface area contributed by atoms with Gasteiger partial charge in [0.15, 0.2) is 0 Å². The number of carboxylic acids is 1. The fourth-order valence-electron chi connectivity index (χ4n) is 1.95. The van der Waals surface area contributed by atoms with E-state index >= 15 is 0 Å². The summed E-state index contributed by atoms with van der Waals surface area (Å²) in [6, 6.07) is 0. The number of carbonyl (C=O) groups excluding carboxylic acids is 1. The second-order valence-corrected chi connectivity index (χ2v) is 4.81. The van der Waals surface area contributed by atoms with Crippen molar-refractivity contribution >= 4 is 11.9 Å². The van der Waals surface area contributed by atoms with Crippen LogP contribution in [0.5, 0.6) is 0 Å². The third-order valence-electron chi connectivity index (χ3n) is 2.98. The predicted octanol–water partition coefficient (Wildman–Crippen LogP) is 3.56. The van der Waals surface area contributed by atoms with E-state index in [1.165, 1.54) is 0 Å². The van der Waals surface area contributed by atoms with Crippen molar-refractivity contribution in [3.8, 4) is 0 Å². The molecule has 0 amide bonds. The lowest BCUT2D eigenvalue weighted by atomic mass is 10.0. The summed E-state index contributed by atoms with van der Waals surface area (Å²) in [4.78, 5) is 22.7. The van der Waals surface area contributed by atoms with Gasteiger partial charge in [-0.2, -0.15) is 0 Å². The lowest BCUT2D eigenvalue weighted by molar-refractivity contribution is -0.158. The first-order valence-corrected chi connectivity index (χ1v) is 7.08. The van der Waals surface area contributed by atoms with Gasteiger partial charge in [0.2, 0.25) is 0 Å². The molecule has 0 aromatic carbocycles. The van der Waals surface area contributed by atoms with Gasteiger partial charge in [-0.3, -0.25) is 9.59 Å². The Labute approximate surface area is 115 Å². The average Bonchev–Trinajstić information content (AvgIpc) is 2.35. The topological polar surface area (TPSA) is 63.6 Å². The monoisotopic (exact) mass is 270 g/mol. The van der Waals surface area contributed by atoms with Gasteiger partial charge in [-0.1, -0.05) is 39.2 Å². The van der Waals surface area contributed by atoms with Crippen LogP contribution in [-0.2, 0) is 14.3 Å². The van der Waals surface area contributed by atoms with Gasteiger partial charge in [-0.15, -0.1) is 6.58 Å². The van der Waals surface area contributed by atoms with Crippen LogP contribution in [0.1, 0.15) is 58.8 Å². The van der Waals surface area contributed by atoms with Crippen LogP contribution in [0.15, 0.2) is 12.7 Å². The molecule has 0 aliphatic rings. The van der Waals surface area contributed by atoms with Crippen LogP contribution < -0.4 is 0 Å². The van der Waals surface area contributed by atoms with Gasteiger partial charge < -0.3 is 9.84 Å². The largest absolute Gasteiger partial charge is 0.481 e. The molecular weight excluding hydrogens is 244 g/mol. The van der Waals surface area contributed by atoms with Crippen LogP contribution in [-0.4, -0.2) is 23.1 Å². The minimum absolute atomic E-state index is 0.0847. The minimum atomic E-state index is -0.982. The van der Waals surface area contributed by atoms with Crippen molar-refractivity contribution in [3.63, 3.8) is 0 Å². The van der Waals surface area contributed by atoms with Gasteiger partial charge in [-0.05, 0) is 19.3 Å². The van der Waals surface area contributed by atoms with Crippen molar-refractivity contribution in [2.75, 3.05) is 0 Å². The van der Waals surface area contributed by atoms with Crippen LogP contribution in [0.4, 0.5) is 0 Å². The Kier molecular flexibility index (Phi) is 9.85. The fraction of sp³-hybridized carbons (Fsp3) is 0.733. The zero-order chi connectivity index (χ0) is 14.7. The molecule has 0 aliphatic carbocycles. The van der Waals surface area contributed by atoms with Crippen molar-refractivity contribution in [2.24, 2.45) is 5.92 Å². The summed E-state index contributed by atoms with van der Waals surface area (Å²) in [5.41, 5.74) is 0. The number of allylic oxidation sites excluding steroid dienone is 1. The van der Waals surface area contributed by atoms with Gasteiger partial charge in [0.05, 0.1) is 12.3 Å². The van der Waals surface area contributed by atoms with Crippen LogP contribution in [0.2, 0.25) is 0 Å². The first kappa shape index (κ1) is 17.7. The lowest BCUT2D eigenvalue weighted by Gasteiger charge is -2.20. The van der Waals surface area contributed by atoms with Crippen molar-refractivity contribution in [1.29, 1.82) is 0 Å². The molecule has 110 valence electrons. The predicted molar refractivity (Wildman–Crippen MR) is 74.9 cm³/mol. The molecule has 0 rings (SSSR count). The summed E-state index contributed by atoms with van der Waals surface area (Å²) in [7, 11) is 0. The Bertz CT molecular complexity index is 286. The third-order valence-corrected chi connectivity index (χ3v) is 2.98. The summed E-state index contributed by atoms with van der Waals surface area (Å²) >= 11 is 0. The molecule has 0 aliphatic heterocycles. The molecule has 0 saturated carbocycles. The maximum atomic E-state index is 12.0. The molecule has 1 N–H and O–H groups in total. The smallest absolute Gasteiger partial charge is 0.310 e. The van der Waals surface area contributed by atoms with Gasteiger partial charge in [-0.25, -0.2) is 0 Å². The molecule has 0 saturated heterocycles. The molecule has 2 atom stereocenters. The van der Waals surface area contributed by atoms with Crippen LogP contribution >= 0.6 is 0 Å². The number of hydrogen-bond acceptors (Lipinski definition) is 3. The molecule has 2 unspecified atom stereocenters. The molecule has 0 radical (unpaired) electrons. The lowest BCUT2D eigenvalue weighted by Crippen LogP contribution is -2.26. The standard InChI is InChI=1S/C15H26O4/c1-4-7-10-13(9-6-3)19-15(18)12(8-5-2)11-14(16)17/h5,12-13H,2,4,6-11H2,1,3H3,(H,16,17). The van der Waals surface area contributed by atoms with E-state index in [0.29, 0.717) is 6.42 Å². The fourth-order valence-corrected chi connectivity index (χ4v) is 1.95. The Hall–Kier alpha value is -1.32. The van der Waals surface area contributed by atoms with E-state index in [4.69, 9.17) is 9.84 Å². The number of rotatable bonds is 11. The molecule has 0 spiro atoms. The molecule has 0 bridgehead atoms. The SMILES string of the molecule is C=CCC(CC(=O)O)C(=O)OC(CCC)CCCC. The van der Waals surface area contributed by atoms with Gasteiger partial charge >= 0.3 is 11.9 Å².